The molecule has 0 spiro atoms. The zero-order valence-corrected chi connectivity index (χ0v) is 10.5. The first-order chi connectivity index (χ1) is 9.25. The largest absolute Gasteiger partial charge is 0.480 e. The molecule has 2 aliphatic carbocycles. The van der Waals surface area contributed by atoms with Crippen LogP contribution >= 0.6 is 0 Å². The van der Waals surface area contributed by atoms with Crippen molar-refractivity contribution in [2.45, 2.75) is 24.7 Å². The van der Waals surface area contributed by atoms with Gasteiger partial charge < -0.3 is 5.11 Å². The van der Waals surface area contributed by atoms with Crippen molar-refractivity contribution in [1.29, 1.82) is 0 Å². The van der Waals surface area contributed by atoms with Gasteiger partial charge in [-0.05, 0) is 47.1 Å². The summed E-state index contributed by atoms with van der Waals surface area (Å²) in [5.74, 6) is -0.703. The van der Waals surface area contributed by atoms with Gasteiger partial charge in [-0.2, -0.15) is 0 Å². The van der Waals surface area contributed by atoms with Crippen molar-refractivity contribution < 1.29 is 9.90 Å². The predicted molar refractivity (Wildman–Crippen MR) is 73.2 cm³/mol. The number of carbonyl (C=O) groups is 1. The predicted octanol–water partition coefficient (Wildman–Crippen LogP) is 3.37. The number of hydrogen-bond acceptors (Lipinski definition) is 1. The van der Waals surface area contributed by atoms with Crippen molar-refractivity contribution in [2.75, 3.05) is 0 Å². The van der Waals surface area contributed by atoms with Gasteiger partial charge in [-0.25, -0.2) is 0 Å². The lowest BCUT2D eigenvalue weighted by Gasteiger charge is -2.32. The molecule has 1 unspecified atom stereocenters. The number of rotatable bonds is 1. The Balaban J connectivity index is 2.18. The molecule has 2 aromatic rings. The Morgan fingerprint density at radius 1 is 1.05 bits per heavy atom. The average Bonchev–Trinajstić information content (AvgIpc) is 2.74. The van der Waals surface area contributed by atoms with Crippen LogP contribution in [0.5, 0.6) is 0 Å². The minimum atomic E-state index is -0.805. The lowest BCUT2D eigenvalue weighted by molar-refractivity contribution is -0.142. The zero-order valence-electron chi connectivity index (χ0n) is 10.5. The summed E-state index contributed by atoms with van der Waals surface area (Å²) < 4.78 is 0. The van der Waals surface area contributed by atoms with E-state index in [4.69, 9.17) is 0 Å². The minimum absolute atomic E-state index is 0.703. The zero-order chi connectivity index (χ0) is 13.0. The summed E-state index contributed by atoms with van der Waals surface area (Å²) in [6, 6.07) is 14.2. The van der Waals surface area contributed by atoms with E-state index in [2.05, 4.69) is 12.1 Å². The van der Waals surface area contributed by atoms with Crippen molar-refractivity contribution in [2.24, 2.45) is 0 Å². The smallest absolute Gasteiger partial charge is 0.318 e. The Bertz CT molecular complexity index is 702. The number of hydrogen-bond donors (Lipinski definition) is 1. The Labute approximate surface area is 111 Å². The molecule has 2 heteroatoms. The van der Waals surface area contributed by atoms with E-state index >= 15 is 0 Å². The summed E-state index contributed by atoms with van der Waals surface area (Å²) in [7, 11) is 0. The van der Waals surface area contributed by atoms with E-state index in [0.717, 1.165) is 35.1 Å². The van der Waals surface area contributed by atoms with Crippen LogP contribution in [0, 0.1) is 0 Å². The van der Waals surface area contributed by atoms with Gasteiger partial charge in [0, 0.05) is 0 Å². The first-order valence-corrected chi connectivity index (χ1v) is 6.71. The molecule has 19 heavy (non-hydrogen) atoms. The molecule has 0 bridgehead atoms. The van der Waals surface area contributed by atoms with Crippen LogP contribution in [0.25, 0.3) is 11.1 Å². The fourth-order valence-corrected chi connectivity index (χ4v) is 3.89. The van der Waals surface area contributed by atoms with Gasteiger partial charge in [-0.1, -0.05) is 42.5 Å². The number of fused-ring (bicyclic) bond motifs is 3. The second-order valence-corrected chi connectivity index (χ2v) is 5.45. The van der Waals surface area contributed by atoms with E-state index in [1.54, 1.807) is 0 Å². The Morgan fingerprint density at radius 3 is 2.68 bits per heavy atom. The lowest BCUT2D eigenvalue weighted by atomic mass is 9.69. The van der Waals surface area contributed by atoms with Gasteiger partial charge in [-0.3, -0.25) is 4.79 Å². The maximum Gasteiger partial charge on any atom is 0.318 e. The molecule has 2 aromatic carbocycles. The molecule has 0 fully saturated rings. The van der Waals surface area contributed by atoms with Crippen LogP contribution in [0.15, 0.2) is 42.5 Å². The molecule has 0 aliphatic heterocycles. The molecule has 0 saturated carbocycles. The van der Waals surface area contributed by atoms with Crippen molar-refractivity contribution in [1.82, 2.24) is 0 Å². The number of carboxylic acids is 1. The number of benzene rings is 2. The van der Waals surface area contributed by atoms with E-state index in [1.165, 1.54) is 5.56 Å². The van der Waals surface area contributed by atoms with Gasteiger partial charge in [0.1, 0.15) is 5.41 Å². The van der Waals surface area contributed by atoms with Crippen LogP contribution in [0.1, 0.15) is 29.5 Å². The molecule has 94 valence electrons. The molecule has 4 rings (SSSR count). The average molecular weight is 250 g/mol. The van der Waals surface area contributed by atoms with Gasteiger partial charge in [0.25, 0.3) is 0 Å². The van der Waals surface area contributed by atoms with E-state index < -0.39 is 11.4 Å². The molecule has 0 saturated heterocycles. The van der Waals surface area contributed by atoms with Gasteiger partial charge >= 0.3 is 5.97 Å². The summed E-state index contributed by atoms with van der Waals surface area (Å²) in [6.07, 6.45) is 2.65. The molecular formula is C17H14O2. The van der Waals surface area contributed by atoms with Gasteiger partial charge in [-0.15, -0.1) is 0 Å². The van der Waals surface area contributed by atoms with Gasteiger partial charge in [0.15, 0.2) is 0 Å². The van der Waals surface area contributed by atoms with Crippen LogP contribution < -0.4 is 0 Å². The molecule has 2 aliphatic rings. The second kappa shape index (κ2) is 3.47. The van der Waals surface area contributed by atoms with E-state index in [1.807, 2.05) is 30.3 Å². The minimum Gasteiger partial charge on any atom is -0.480 e. The third-order valence-electron chi connectivity index (χ3n) is 4.62. The van der Waals surface area contributed by atoms with E-state index in [9.17, 15) is 9.90 Å². The third kappa shape index (κ3) is 1.14. The topological polar surface area (TPSA) is 37.3 Å². The molecule has 1 atom stereocenters. The standard InChI is InChI=1S/C17H14O2/c18-16(19)17-10-4-6-11-5-3-8-13(15(11)17)12-7-1-2-9-14(12)17/h1-3,5,7-9H,4,6,10H2,(H,18,19). The van der Waals surface area contributed by atoms with Crippen molar-refractivity contribution in [3.05, 3.63) is 59.2 Å². The van der Waals surface area contributed by atoms with Crippen LogP contribution in [-0.2, 0) is 16.6 Å². The molecule has 0 amide bonds. The monoisotopic (exact) mass is 250 g/mol. The van der Waals surface area contributed by atoms with Gasteiger partial charge in [0.2, 0.25) is 0 Å². The first-order valence-electron chi connectivity index (χ1n) is 6.71. The van der Waals surface area contributed by atoms with E-state index in [-0.39, 0.29) is 0 Å². The summed E-state index contributed by atoms with van der Waals surface area (Å²) in [6.45, 7) is 0. The van der Waals surface area contributed by atoms with Crippen LogP contribution in [-0.4, -0.2) is 11.1 Å². The molecule has 0 aromatic heterocycles. The summed E-state index contributed by atoms with van der Waals surface area (Å²) in [5, 5.41) is 9.92. The summed E-state index contributed by atoms with van der Waals surface area (Å²) in [5.41, 5.74) is 4.65. The molecule has 1 N–H and O–H groups in total. The second-order valence-electron chi connectivity index (χ2n) is 5.45. The SMILES string of the molecule is O=C(O)C12CCCc3cccc(c31)-c1ccccc12. The van der Waals surface area contributed by atoms with Crippen LogP contribution in [0.3, 0.4) is 0 Å². The Kier molecular flexibility index (Phi) is 1.97. The highest BCUT2D eigenvalue weighted by Crippen LogP contribution is 2.54. The molecule has 0 radical (unpaired) electrons. The number of aryl methyl sites for hydroxylation is 1. The highest BCUT2D eigenvalue weighted by molar-refractivity contribution is 5.98. The number of carboxylic acid groups (broad SMARTS) is 1. The maximum absolute atomic E-state index is 12.1. The Morgan fingerprint density at radius 2 is 1.84 bits per heavy atom. The highest BCUT2D eigenvalue weighted by atomic mass is 16.4. The third-order valence-corrected chi connectivity index (χ3v) is 4.62. The van der Waals surface area contributed by atoms with Crippen molar-refractivity contribution in [3.8, 4) is 11.1 Å². The Hall–Kier alpha value is -2.09. The maximum atomic E-state index is 12.1. The summed E-state index contributed by atoms with van der Waals surface area (Å²) >= 11 is 0. The fourth-order valence-electron chi connectivity index (χ4n) is 3.89. The number of aliphatic carboxylic acids is 1. The molecule has 2 nitrogen and oxygen atoms in total. The van der Waals surface area contributed by atoms with Crippen molar-refractivity contribution >= 4 is 5.97 Å². The quantitative estimate of drug-likeness (QED) is 0.842. The summed E-state index contributed by atoms with van der Waals surface area (Å²) in [4.78, 5) is 12.1. The molecule has 0 heterocycles. The first kappa shape index (κ1) is 10.8. The van der Waals surface area contributed by atoms with Crippen molar-refractivity contribution in [3.63, 3.8) is 0 Å². The van der Waals surface area contributed by atoms with Crippen LogP contribution in [0.4, 0.5) is 0 Å². The lowest BCUT2D eigenvalue weighted by Crippen LogP contribution is -2.38. The van der Waals surface area contributed by atoms with Crippen LogP contribution in [0.2, 0.25) is 0 Å². The highest BCUT2D eigenvalue weighted by Gasteiger charge is 2.51. The van der Waals surface area contributed by atoms with E-state index in [0.29, 0.717) is 6.42 Å². The molecular weight excluding hydrogens is 236 g/mol. The normalized spacial score (nSPS) is 22.7. The van der Waals surface area contributed by atoms with Gasteiger partial charge in [0.05, 0.1) is 0 Å². The fraction of sp³-hybridized carbons (Fsp3) is 0.235.